The van der Waals surface area contributed by atoms with Crippen LogP contribution in [0.25, 0.3) is 0 Å². The number of ether oxygens (including phenoxy) is 1. The molecule has 2 rings (SSSR count). The van der Waals surface area contributed by atoms with E-state index in [9.17, 15) is 9.18 Å². The number of halogens is 1. The molecule has 2 unspecified atom stereocenters. The molecule has 4 heteroatoms. The Morgan fingerprint density at radius 3 is 2.95 bits per heavy atom. The number of esters is 1. The highest BCUT2D eigenvalue weighted by atomic mass is 19.1. The maximum Gasteiger partial charge on any atom is 0.337 e. The van der Waals surface area contributed by atoms with Gasteiger partial charge < -0.3 is 10.1 Å². The Kier molecular flexibility index (Phi) is 4.99. The molecule has 1 aliphatic rings. The highest BCUT2D eigenvalue weighted by Gasteiger charge is 2.19. The summed E-state index contributed by atoms with van der Waals surface area (Å²) in [5.74, 6) is 0.558. The SMILES string of the molecule is COC(=O)c1ccc(F)c(NCC2CCCC(C)C2)c1. The second-order valence-corrected chi connectivity index (χ2v) is 5.70. The van der Waals surface area contributed by atoms with Crippen molar-refractivity contribution in [2.24, 2.45) is 11.8 Å². The monoisotopic (exact) mass is 279 g/mol. The minimum absolute atomic E-state index is 0.332. The average Bonchev–Trinajstić information content (AvgIpc) is 2.45. The molecule has 1 N–H and O–H groups in total. The Balaban J connectivity index is 1.99. The van der Waals surface area contributed by atoms with Crippen LogP contribution in [0.2, 0.25) is 0 Å². The number of carbonyl (C=O) groups excluding carboxylic acids is 1. The number of rotatable bonds is 4. The van der Waals surface area contributed by atoms with Gasteiger partial charge in [0.2, 0.25) is 0 Å². The van der Waals surface area contributed by atoms with Gasteiger partial charge in [-0.05, 0) is 42.9 Å². The van der Waals surface area contributed by atoms with E-state index < -0.39 is 5.97 Å². The molecular formula is C16H22FNO2. The largest absolute Gasteiger partial charge is 0.465 e. The standard InChI is InChI=1S/C16H22FNO2/c1-11-4-3-5-12(8-11)10-18-15-9-13(16(19)20-2)6-7-14(15)17/h6-7,9,11-12,18H,3-5,8,10H2,1-2H3. The summed E-state index contributed by atoms with van der Waals surface area (Å²) in [6.07, 6.45) is 4.92. The molecule has 3 nitrogen and oxygen atoms in total. The van der Waals surface area contributed by atoms with Crippen LogP contribution in [0.1, 0.15) is 43.0 Å². The van der Waals surface area contributed by atoms with Crippen LogP contribution >= 0.6 is 0 Å². The number of benzene rings is 1. The molecule has 1 aliphatic carbocycles. The molecule has 0 amide bonds. The van der Waals surface area contributed by atoms with Gasteiger partial charge in [-0.25, -0.2) is 9.18 Å². The van der Waals surface area contributed by atoms with Crippen LogP contribution in [0, 0.1) is 17.7 Å². The lowest BCUT2D eigenvalue weighted by molar-refractivity contribution is 0.0600. The topological polar surface area (TPSA) is 38.3 Å². The first-order valence-electron chi connectivity index (χ1n) is 7.22. The van der Waals surface area contributed by atoms with E-state index in [-0.39, 0.29) is 5.82 Å². The summed E-state index contributed by atoms with van der Waals surface area (Å²) in [5, 5.41) is 3.14. The van der Waals surface area contributed by atoms with Crippen LogP contribution < -0.4 is 5.32 Å². The summed E-state index contributed by atoms with van der Waals surface area (Å²) in [6, 6.07) is 4.26. The third-order valence-electron chi connectivity index (χ3n) is 4.01. The zero-order chi connectivity index (χ0) is 14.5. The maximum atomic E-state index is 13.8. The Morgan fingerprint density at radius 2 is 2.25 bits per heavy atom. The van der Waals surface area contributed by atoms with Gasteiger partial charge in [-0.2, -0.15) is 0 Å². The van der Waals surface area contributed by atoms with Gasteiger partial charge in [0.1, 0.15) is 5.82 Å². The smallest absolute Gasteiger partial charge is 0.337 e. The highest BCUT2D eigenvalue weighted by Crippen LogP contribution is 2.29. The number of hydrogen-bond acceptors (Lipinski definition) is 3. The number of nitrogens with one attached hydrogen (secondary N) is 1. The molecule has 0 aromatic heterocycles. The van der Waals surface area contributed by atoms with Crippen molar-refractivity contribution in [3.8, 4) is 0 Å². The van der Waals surface area contributed by atoms with Crippen molar-refractivity contribution in [1.29, 1.82) is 0 Å². The van der Waals surface area contributed by atoms with Gasteiger partial charge in [0.05, 0.1) is 18.4 Å². The number of methoxy groups -OCH3 is 1. The Labute approximate surface area is 119 Å². The first kappa shape index (κ1) is 14.8. The first-order valence-corrected chi connectivity index (χ1v) is 7.22. The summed E-state index contributed by atoms with van der Waals surface area (Å²) in [7, 11) is 1.32. The van der Waals surface area contributed by atoms with Crippen molar-refractivity contribution in [3.05, 3.63) is 29.6 Å². The molecule has 0 bridgehead atoms. The van der Waals surface area contributed by atoms with E-state index >= 15 is 0 Å². The zero-order valence-electron chi connectivity index (χ0n) is 12.1. The molecule has 2 atom stereocenters. The van der Waals surface area contributed by atoms with E-state index in [1.807, 2.05) is 0 Å². The van der Waals surface area contributed by atoms with E-state index in [0.717, 1.165) is 12.5 Å². The van der Waals surface area contributed by atoms with Crippen molar-refractivity contribution >= 4 is 11.7 Å². The van der Waals surface area contributed by atoms with E-state index in [0.29, 0.717) is 17.2 Å². The highest BCUT2D eigenvalue weighted by molar-refractivity contribution is 5.90. The molecule has 1 fully saturated rings. The molecule has 0 heterocycles. The van der Waals surface area contributed by atoms with Gasteiger partial charge in [0, 0.05) is 6.54 Å². The summed E-state index contributed by atoms with van der Waals surface area (Å²) < 4.78 is 18.4. The van der Waals surface area contributed by atoms with Gasteiger partial charge in [-0.3, -0.25) is 0 Å². The minimum Gasteiger partial charge on any atom is -0.465 e. The minimum atomic E-state index is -0.445. The van der Waals surface area contributed by atoms with Crippen LogP contribution in [0.4, 0.5) is 10.1 Å². The zero-order valence-corrected chi connectivity index (χ0v) is 12.1. The summed E-state index contributed by atoms with van der Waals surface area (Å²) in [6.45, 7) is 3.02. The molecular weight excluding hydrogens is 257 g/mol. The third kappa shape index (κ3) is 3.71. The number of carbonyl (C=O) groups is 1. The Bertz CT molecular complexity index is 476. The first-order chi connectivity index (χ1) is 9.60. The molecule has 0 radical (unpaired) electrons. The van der Waals surface area contributed by atoms with Gasteiger partial charge in [-0.15, -0.1) is 0 Å². The molecule has 0 saturated heterocycles. The molecule has 110 valence electrons. The second kappa shape index (κ2) is 6.73. The van der Waals surface area contributed by atoms with Crippen molar-refractivity contribution in [1.82, 2.24) is 0 Å². The van der Waals surface area contributed by atoms with E-state index in [1.165, 1.54) is 51.0 Å². The molecule has 1 aromatic rings. The van der Waals surface area contributed by atoms with Crippen molar-refractivity contribution in [2.75, 3.05) is 19.0 Å². The number of anilines is 1. The molecule has 1 saturated carbocycles. The van der Waals surface area contributed by atoms with Crippen LogP contribution in [0.5, 0.6) is 0 Å². The van der Waals surface area contributed by atoms with Crippen LogP contribution in [0.3, 0.4) is 0 Å². The lowest BCUT2D eigenvalue weighted by Crippen LogP contribution is -2.21. The van der Waals surface area contributed by atoms with E-state index in [4.69, 9.17) is 0 Å². The molecule has 1 aromatic carbocycles. The summed E-state index contributed by atoms with van der Waals surface area (Å²) in [5.41, 5.74) is 0.750. The molecule has 0 aliphatic heterocycles. The van der Waals surface area contributed by atoms with Crippen LogP contribution in [-0.2, 0) is 4.74 Å². The Hall–Kier alpha value is -1.58. The third-order valence-corrected chi connectivity index (χ3v) is 4.01. The average molecular weight is 279 g/mol. The fraction of sp³-hybridized carbons (Fsp3) is 0.562. The fourth-order valence-corrected chi connectivity index (χ4v) is 2.90. The second-order valence-electron chi connectivity index (χ2n) is 5.70. The summed E-state index contributed by atoms with van der Waals surface area (Å²) in [4.78, 5) is 11.5. The van der Waals surface area contributed by atoms with Crippen molar-refractivity contribution < 1.29 is 13.9 Å². The molecule has 20 heavy (non-hydrogen) atoms. The molecule has 0 spiro atoms. The van der Waals surface area contributed by atoms with E-state index in [1.54, 1.807) is 0 Å². The predicted molar refractivity (Wildman–Crippen MR) is 77.4 cm³/mol. The predicted octanol–water partition coefficient (Wildman–Crippen LogP) is 3.85. The quantitative estimate of drug-likeness (QED) is 0.851. The van der Waals surface area contributed by atoms with Crippen molar-refractivity contribution in [2.45, 2.75) is 32.6 Å². The van der Waals surface area contributed by atoms with Gasteiger partial charge in [0.25, 0.3) is 0 Å². The normalized spacial score (nSPS) is 22.4. The van der Waals surface area contributed by atoms with Gasteiger partial charge in [0.15, 0.2) is 0 Å². The van der Waals surface area contributed by atoms with Crippen LogP contribution in [0.15, 0.2) is 18.2 Å². The number of hydrogen-bond donors (Lipinski definition) is 1. The van der Waals surface area contributed by atoms with E-state index in [2.05, 4.69) is 17.0 Å². The van der Waals surface area contributed by atoms with Gasteiger partial charge >= 0.3 is 5.97 Å². The Morgan fingerprint density at radius 1 is 1.45 bits per heavy atom. The lowest BCUT2D eigenvalue weighted by atomic mass is 9.82. The van der Waals surface area contributed by atoms with Crippen molar-refractivity contribution in [3.63, 3.8) is 0 Å². The van der Waals surface area contributed by atoms with Crippen LogP contribution in [-0.4, -0.2) is 19.6 Å². The lowest BCUT2D eigenvalue weighted by Gasteiger charge is -2.27. The maximum absolute atomic E-state index is 13.8. The van der Waals surface area contributed by atoms with Gasteiger partial charge in [-0.1, -0.05) is 19.8 Å². The fourth-order valence-electron chi connectivity index (χ4n) is 2.90. The summed E-state index contributed by atoms with van der Waals surface area (Å²) >= 11 is 0.